The lowest BCUT2D eigenvalue weighted by molar-refractivity contribution is -0.230. The second-order valence-corrected chi connectivity index (χ2v) is 13.2. The summed E-state index contributed by atoms with van der Waals surface area (Å²) in [6.45, 7) is 3.21. The summed E-state index contributed by atoms with van der Waals surface area (Å²) in [5.41, 5.74) is 15.3. The summed E-state index contributed by atoms with van der Waals surface area (Å²) in [6.07, 6.45) is 6.58. The van der Waals surface area contributed by atoms with Crippen molar-refractivity contribution < 1.29 is 48.1 Å². The van der Waals surface area contributed by atoms with Crippen molar-refractivity contribution in [2.24, 2.45) is 0 Å². The number of methoxy groups -OCH3 is 6. The van der Waals surface area contributed by atoms with Gasteiger partial charge in [0.05, 0.1) is 53.7 Å². The molecule has 0 radical (unpaired) electrons. The molecule has 4 rings (SSSR count). The van der Waals surface area contributed by atoms with Crippen LogP contribution in [-0.4, -0.2) is 127 Å². The van der Waals surface area contributed by atoms with Crippen molar-refractivity contribution >= 4 is 11.4 Å². The third-order valence-electron chi connectivity index (χ3n) is 10.4. The maximum Gasteiger partial charge on any atom is 0.209 e. The van der Waals surface area contributed by atoms with E-state index in [1.54, 1.807) is 66.9 Å². The number of rotatable bonds is 20. The fourth-order valence-electron chi connectivity index (χ4n) is 7.30. The number of ether oxygens (including phenoxy) is 8. The quantitative estimate of drug-likeness (QED) is 0.0892. The molecule has 0 saturated carbocycles. The number of nitrogens with two attached hydrogens (primary N) is 2. The van der Waals surface area contributed by atoms with Crippen molar-refractivity contribution in [3.05, 3.63) is 35.4 Å². The Balaban J connectivity index is 1.42. The SMILES string of the molecule is COc1cc(C(CN2CCCC[C@H]2CO)(OC)OC)c(N)cc1OCCCOc1cc(N)c(C(CN2CCCC[C@H]2CO)(OC)OC)cc1OC. The van der Waals surface area contributed by atoms with Crippen LogP contribution < -0.4 is 30.4 Å². The molecule has 2 aromatic rings. The number of likely N-dealkylation sites (tertiary alicyclic amines) is 2. The molecule has 2 fully saturated rings. The highest BCUT2D eigenvalue weighted by molar-refractivity contribution is 5.60. The third-order valence-corrected chi connectivity index (χ3v) is 10.4. The first-order chi connectivity index (χ1) is 24.7. The minimum absolute atomic E-state index is 0.0277. The summed E-state index contributed by atoms with van der Waals surface area (Å²) in [5.74, 6) is -0.431. The first-order valence-electron chi connectivity index (χ1n) is 17.8. The van der Waals surface area contributed by atoms with E-state index in [9.17, 15) is 10.2 Å². The number of hydrogen-bond acceptors (Lipinski definition) is 14. The van der Waals surface area contributed by atoms with Crippen LogP contribution in [-0.2, 0) is 30.5 Å². The second-order valence-electron chi connectivity index (χ2n) is 13.2. The number of hydrogen-bond donors (Lipinski definition) is 4. The molecule has 14 heteroatoms. The molecule has 2 heterocycles. The average molecular weight is 721 g/mol. The van der Waals surface area contributed by atoms with Crippen molar-refractivity contribution in [3.63, 3.8) is 0 Å². The van der Waals surface area contributed by atoms with Gasteiger partial charge in [0.1, 0.15) is 0 Å². The Hall–Kier alpha value is -3.08. The Bertz CT molecular complexity index is 1270. The van der Waals surface area contributed by atoms with Gasteiger partial charge in [0, 0.05) is 81.6 Å². The normalized spacial score (nSPS) is 19.2. The lowest BCUT2D eigenvalue weighted by Gasteiger charge is -2.42. The van der Waals surface area contributed by atoms with Gasteiger partial charge in [0.2, 0.25) is 11.6 Å². The highest BCUT2D eigenvalue weighted by atomic mass is 16.7. The first-order valence-corrected chi connectivity index (χ1v) is 17.8. The fourth-order valence-corrected chi connectivity index (χ4v) is 7.30. The van der Waals surface area contributed by atoms with Crippen LogP contribution in [0.15, 0.2) is 24.3 Å². The molecule has 0 spiro atoms. The number of nitrogen functional groups attached to an aromatic ring is 2. The molecule has 2 saturated heterocycles. The fraction of sp³-hybridized carbons (Fsp3) is 0.676. The summed E-state index contributed by atoms with van der Waals surface area (Å²) in [4.78, 5) is 4.38. The van der Waals surface area contributed by atoms with Crippen molar-refractivity contribution in [1.82, 2.24) is 9.80 Å². The van der Waals surface area contributed by atoms with Crippen molar-refractivity contribution in [2.75, 3.05) is 107 Å². The summed E-state index contributed by atoms with van der Waals surface area (Å²) in [7, 11) is 9.48. The van der Waals surface area contributed by atoms with E-state index in [1.165, 1.54) is 0 Å². The zero-order valence-electron chi connectivity index (χ0n) is 31.3. The Morgan fingerprint density at radius 3 is 1.33 bits per heavy atom. The van der Waals surface area contributed by atoms with E-state index in [4.69, 9.17) is 49.4 Å². The van der Waals surface area contributed by atoms with E-state index in [1.807, 2.05) is 0 Å². The molecule has 0 aromatic heterocycles. The molecule has 0 unspecified atom stereocenters. The van der Waals surface area contributed by atoms with Gasteiger partial charge >= 0.3 is 0 Å². The zero-order valence-corrected chi connectivity index (χ0v) is 31.3. The predicted molar refractivity (Wildman–Crippen MR) is 194 cm³/mol. The van der Waals surface area contributed by atoms with Gasteiger partial charge in [-0.3, -0.25) is 9.80 Å². The van der Waals surface area contributed by atoms with Crippen LogP contribution in [0, 0.1) is 0 Å². The largest absolute Gasteiger partial charge is 0.493 e. The molecule has 288 valence electrons. The Labute approximate surface area is 302 Å². The molecule has 14 nitrogen and oxygen atoms in total. The summed E-state index contributed by atoms with van der Waals surface area (Å²) in [6, 6.07) is 7.07. The van der Waals surface area contributed by atoms with Gasteiger partial charge in [-0.05, 0) is 50.9 Å². The zero-order chi connectivity index (χ0) is 37.0. The van der Waals surface area contributed by atoms with Gasteiger partial charge in [0.15, 0.2) is 23.0 Å². The molecule has 0 amide bonds. The highest BCUT2D eigenvalue weighted by Gasteiger charge is 2.41. The summed E-state index contributed by atoms with van der Waals surface area (Å²) < 4.78 is 47.5. The van der Waals surface area contributed by atoms with Crippen LogP contribution in [0.2, 0.25) is 0 Å². The molecule has 2 aliphatic heterocycles. The van der Waals surface area contributed by atoms with Gasteiger partial charge in [-0.2, -0.15) is 0 Å². The Morgan fingerprint density at radius 2 is 1.00 bits per heavy atom. The number of aliphatic hydroxyl groups excluding tert-OH is 2. The summed E-state index contributed by atoms with van der Waals surface area (Å²) >= 11 is 0. The maximum atomic E-state index is 9.97. The number of benzene rings is 2. The number of aliphatic hydroxyl groups is 2. The van der Waals surface area contributed by atoms with Crippen LogP contribution >= 0.6 is 0 Å². The Morgan fingerprint density at radius 1 is 0.608 bits per heavy atom. The van der Waals surface area contributed by atoms with Gasteiger partial charge in [-0.15, -0.1) is 0 Å². The lowest BCUT2D eigenvalue weighted by atomic mass is 9.97. The molecule has 2 aromatic carbocycles. The molecule has 2 atom stereocenters. The molecule has 0 aliphatic carbocycles. The average Bonchev–Trinajstić information content (AvgIpc) is 3.16. The highest BCUT2D eigenvalue weighted by Crippen LogP contribution is 2.42. The molecule has 51 heavy (non-hydrogen) atoms. The van der Waals surface area contributed by atoms with Crippen LogP contribution in [0.3, 0.4) is 0 Å². The van der Waals surface area contributed by atoms with Crippen LogP contribution in [0.1, 0.15) is 56.1 Å². The minimum atomic E-state index is -1.17. The maximum absolute atomic E-state index is 9.97. The molecule has 0 bridgehead atoms. The van der Waals surface area contributed by atoms with Gasteiger partial charge < -0.3 is 59.6 Å². The van der Waals surface area contributed by atoms with Crippen LogP contribution in [0.5, 0.6) is 23.0 Å². The number of piperidine rings is 2. The number of anilines is 2. The minimum Gasteiger partial charge on any atom is -0.493 e. The van der Waals surface area contributed by atoms with E-state index in [2.05, 4.69) is 9.80 Å². The second kappa shape index (κ2) is 19.1. The summed E-state index contributed by atoms with van der Waals surface area (Å²) in [5, 5.41) is 19.9. The van der Waals surface area contributed by atoms with Crippen molar-refractivity contribution in [2.45, 2.75) is 68.6 Å². The van der Waals surface area contributed by atoms with Crippen LogP contribution in [0.4, 0.5) is 11.4 Å². The van der Waals surface area contributed by atoms with Crippen LogP contribution in [0.25, 0.3) is 0 Å². The van der Waals surface area contributed by atoms with E-state index in [0.717, 1.165) is 51.6 Å². The molecular weight excluding hydrogens is 660 g/mol. The molecule has 6 N–H and O–H groups in total. The van der Waals surface area contributed by atoms with E-state index >= 15 is 0 Å². The smallest absolute Gasteiger partial charge is 0.209 e. The van der Waals surface area contributed by atoms with E-state index in [0.29, 0.717) is 78.2 Å². The van der Waals surface area contributed by atoms with Crippen molar-refractivity contribution in [1.29, 1.82) is 0 Å². The Kier molecular flexibility index (Phi) is 15.3. The topological polar surface area (TPSA) is 173 Å². The van der Waals surface area contributed by atoms with E-state index < -0.39 is 11.6 Å². The first kappa shape index (κ1) is 40.7. The molecule has 2 aliphatic rings. The lowest BCUT2D eigenvalue weighted by Crippen LogP contribution is -2.51. The molecular formula is C37H60N4O10. The van der Waals surface area contributed by atoms with Gasteiger partial charge in [-0.25, -0.2) is 0 Å². The van der Waals surface area contributed by atoms with Crippen molar-refractivity contribution in [3.8, 4) is 23.0 Å². The van der Waals surface area contributed by atoms with Gasteiger partial charge in [-0.1, -0.05) is 12.8 Å². The monoisotopic (exact) mass is 720 g/mol. The van der Waals surface area contributed by atoms with Gasteiger partial charge in [0.25, 0.3) is 0 Å². The third kappa shape index (κ3) is 9.30. The van der Waals surface area contributed by atoms with E-state index in [-0.39, 0.29) is 25.3 Å². The predicted octanol–water partition coefficient (Wildman–Crippen LogP) is 3.30. The number of nitrogens with zero attached hydrogens (tertiary/aromatic N) is 2. The standard InChI is InChI=1S/C37H60N4O10/c1-44-32-18-28(36(46-3,47-4)24-40-14-9-7-12-26(40)22-42)30(38)20-34(32)50-16-11-17-51-35-21-31(39)29(19-33(35)45-2)37(48-5,49-6)25-41-15-10-8-13-27(41)23-43/h18-21,26-27,42-43H,7-17,22-25,38-39H2,1-6H3/t26-,27-/m0/s1.